The molecule has 2 N–H and O–H groups in total. The van der Waals surface area contributed by atoms with Crippen molar-refractivity contribution in [1.82, 2.24) is 0 Å². The largest absolute Gasteiger partial charge is 0.543 e. The van der Waals surface area contributed by atoms with E-state index in [1.54, 1.807) is 9.80 Å². The van der Waals surface area contributed by atoms with E-state index >= 15 is 0 Å². The van der Waals surface area contributed by atoms with Crippen LogP contribution in [-0.4, -0.2) is 62.4 Å². The van der Waals surface area contributed by atoms with Crippen molar-refractivity contribution in [2.75, 3.05) is 39.7 Å². The lowest BCUT2D eigenvalue weighted by Gasteiger charge is -2.22. The molecule has 0 aliphatic carbocycles. The van der Waals surface area contributed by atoms with Gasteiger partial charge in [-0.25, -0.2) is 0 Å². The molecule has 2 fully saturated rings. The van der Waals surface area contributed by atoms with Gasteiger partial charge in [-0.05, 0) is 41.2 Å². The van der Waals surface area contributed by atoms with E-state index in [4.69, 9.17) is 19.8 Å². The first-order valence-electron chi connectivity index (χ1n) is 7.18. The number of carbonyl (C=O) groups is 2. The molecule has 0 bridgehead atoms. The first kappa shape index (κ1) is 25.0. The average Bonchev–Trinajstić information content (AvgIpc) is 2.57. The molecule has 2 saturated heterocycles. The van der Waals surface area contributed by atoms with Gasteiger partial charge in [0, 0.05) is 24.3 Å². The molecule has 2 aliphatic heterocycles. The highest BCUT2D eigenvalue weighted by atomic mass is 33.5. The van der Waals surface area contributed by atoms with E-state index < -0.39 is 11.9 Å². The van der Waals surface area contributed by atoms with Crippen LogP contribution in [0.15, 0.2) is 0 Å². The molecule has 24 heavy (non-hydrogen) atoms. The standard InChI is InChI=1S/2C5H11NS3.C2H2O4/c2*1-6(2)5-3-4-7-9-8-5;3-1(4)2(5)6/h2*5H,3-4H2,1-2H3;(H,3,4)(H,5,6). The van der Waals surface area contributed by atoms with Gasteiger partial charge in [0.2, 0.25) is 0 Å². The van der Waals surface area contributed by atoms with Crippen molar-refractivity contribution in [3.05, 3.63) is 0 Å². The summed E-state index contributed by atoms with van der Waals surface area (Å²) in [5.74, 6) is -1.72. The highest BCUT2D eigenvalue weighted by Crippen LogP contribution is 2.42. The van der Waals surface area contributed by atoms with Crippen molar-refractivity contribution in [2.45, 2.75) is 23.6 Å². The summed E-state index contributed by atoms with van der Waals surface area (Å²) in [6.07, 6.45) is 2.73. The van der Waals surface area contributed by atoms with Crippen LogP contribution >= 0.6 is 62.8 Å². The van der Waals surface area contributed by atoms with E-state index in [1.165, 1.54) is 24.3 Å². The number of nitrogens with one attached hydrogen (secondary N) is 2. The second kappa shape index (κ2) is 15.1. The number of hydrogen-bond donors (Lipinski definition) is 2. The van der Waals surface area contributed by atoms with Gasteiger partial charge < -0.3 is 29.6 Å². The number of carboxylic acid groups (broad SMARTS) is 2. The second-order valence-corrected chi connectivity index (χ2v) is 14.2. The molecule has 142 valence electrons. The Morgan fingerprint density at radius 3 is 1.25 bits per heavy atom. The monoisotopic (exact) mass is 452 g/mol. The third-order valence-electron chi connectivity index (χ3n) is 2.79. The second-order valence-electron chi connectivity index (χ2n) is 5.26. The summed E-state index contributed by atoms with van der Waals surface area (Å²) in [6, 6.07) is 0. The van der Waals surface area contributed by atoms with Gasteiger partial charge in [0.05, 0.1) is 40.1 Å². The third-order valence-corrected chi connectivity index (χ3v) is 12.4. The quantitative estimate of drug-likeness (QED) is 0.372. The van der Waals surface area contributed by atoms with Crippen LogP contribution in [0, 0.1) is 0 Å². The minimum atomic E-state index is -2.19. The Hall–Kier alpha value is 0.960. The number of aliphatic carboxylic acids is 2. The van der Waals surface area contributed by atoms with Crippen molar-refractivity contribution in [3.8, 4) is 0 Å². The summed E-state index contributed by atoms with van der Waals surface area (Å²) < 4.78 is 0. The summed E-state index contributed by atoms with van der Waals surface area (Å²) >= 11 is 0. The van der Waals surface area contributed by atoms with Crippen molar-refractivity contribution in [3.63, 3.8) is 0 Å². The van der Waals surface area contributed by atoms with E-state index in [2.05, 4.69) is 28.2 Å². The predicted octanol–water partition coefficient (Wildman–Crippen LogP) is -1.73. The molecule has 0 aromatic rings. The Balaban J connectivity index is 0.000000340. The SMILES string of the molecule is C[NH+](C)C1CCSSS1.C[NH+](C)C1CCSSS1.O=C([O-])C(=O)[O-]. The number of hydrogen-bond acceptors (Lipinski definition) is 10. The Labute approximate surface area is 167 Å². The fourth-order valence-electron chi connectivity index (χ4n) is 1.39. The van der Waals surface area contributed by atoms with Crippen LogP contribution in [0.3, 0.4) is 0 Å². The van der Waals surface area contributed by atoms with Crippen LogP contribution in [0.2, 0.25) is 0 Å². The summed E-state index contributed by atoms with van der Waals surface area (Å²) in [5.41, 5.74) is 0. The lowest BCUT2D eigenvalue weighted by Crippen LogP contribution is -3.09. The minimum absolute atomic E-state index is 0.830. The Kier molecular flexibility index (Phi) is 15.7. The summed E-state index contributed by atoms with van der Waals surface area (Å²) in [5, 5.41) is 19.5. The highest BCUT2D eigenvalue weighted by molar-refractivity contribution is 9.10. The average molecular weight is 453 g/mol. The molecule has 2 aliphatic rings. The molecule has 12 heteroatoms. The van der Waals surface area contributed by atoms with E-state index in [1.807, 2.05) is 62.8 Å². The van der Waals surface area contributed by atoms with Crippen LogP contribution in [0.25, 0.3) is 0 Å². The van der Waals surface area contributed by atoms with Crippen LogP contribution in [0.1, 0.15) is 12.8 Å². The normalized spacial score (nSPS) is 23.6. The van der Waals surface area contributed by atoms with Gasteiger partial charge in [0.1, 0.15) is 10.7 Å². The van der Waals surface area contributed by atoms with Gasteiger partial charge in [-0.3, -0.25) is 0 Å². The number of rotatable bonds is 2. The zero-order chi connectivity index (χ0) is 18.5. The molecule has 0 spiro atoms. The topological polar surface area (TPSA) is 89.1 Å². The Bertz CT molecular complexity index is 329. The van der Waals surface area contributed by atoms with E-state index in [9.17, 15) is 0 Å². The Morgan fingerprint density at radius 1 is 0.792 bits per heavy atom. The van der Waals surface area contributed by atoms with Gasteiger partial charge in [-0.2, -0.15) is 0 Å². The van der Waals surface area contributed by atoms with Gasteiger partial charge in [0.25, 0.3) is 0 Å². The molecular weight excluding hydrogens is 429 g/mol. The number of quaternary nitrogens is 2. The molecular formula is C12H24N2O4S6. The number of carbonyl (C=O) groups excluding carboxylic acids is 2. The molecule has 2 heterocycles. The molecule has 0 aromatic carbocycles. The zero-order valence-corrected chi connectivity index (χ0v) is 19.0. The maximum atomic E-state index is 8.93. The molecule has 2 unspecified atom stereocenters. The highest BCUT2D eigenvalue weighted by Gasteiger charge is 2.20. The van der Waals surface area contributed by atoms with Crippen LogP contribution in [-0.2, 0) is 9.59 Å². The molecule has 6 nitrogen and oxygen atoms in total. The van der Waals surface area contributed by atoms with E-state index in [0.29, 0.717) is 0 Å². The van der Waals surface area contributed by atoms with Crippen molar-refractivity contribution >= 4 is 74.8 Å². The van der Waals surface area contributed by atoms with Crippen molar-refractivity contribution < 1.29 is 29.6 Å². The van der Waals surface area contributed by atoms with Crippen LogP contribution in [0.5, 0.6) is 0 Å². The van der Waals surface area contributed by atoms with E-state index in [-0.39, 0.29) is 0 Å². The lowest BCUT2D eigenvalue weighted by atomic mass is 10.4. The van der Waals surface area contributed by atoms with Crippen LogP contribution in [0.4, 0.5) is 0 Å². The molecule has 2 rings (SSSR count). The zero-order valence-electron chi connectivity index (χ0n) is 14.1. The smallest absolute Gasteiger partial charge is 0.145 e. The first-order valence-corrected chi connectivity index (χ1v) is 14.6. The third kappa shape index (κ3) is 13.2. The maximum Gasteiger partial charge on any atom is 0.145 e. The first-order chi connectivity index (χ1) is 11.3. The Morgan fingerprint density at radius 2 is 1.12 bits per heavy atom. The maximum absolute atomic E-state index is 8.93. The molecule has 0 saturated carbocycles. The number of carboxylic acids is 2. The van der Waals surface area contributed by atoms with Gasteiger partial charge in [-0.1, -0.05) is 21.6 Å². The van der Waals surface area contributed by atoms with Gasteiger partial charge in [-0.15, -0.1) is 0 Å². The van der Waals surface area contributed by atoms with Gasteiger partial charge in [0.15, 0.2) is 0 Å². The molecule has 2 atom stereocenters. The summed E-state index contributed by atoms with van der Waals surface area (Å²) in [6.45, 7) is 0. The summed E-state index contributed by atoms with van der Waals surface area (Å²) in [4.78, 5) is 21.0. The molecule has 0 radical (unpaired) electrons. The fourth-order valence-corrected chi connectivity index (χ4v) is 11.2. The minimum Gasteiger partial charge on any atom is -0.543 e. The predicted molar refractivity (Wildman–Crippen MR) is 108 cm³/mol. The lowest BCUT2D eigenvalue weighted by molar-refractivity contribution is -0.869. The fraction of sp³-hybridized carbons (Fsp3) is 0.833. The van der Waals surface area contributed by atoms with Crippen LogP contribution < -0.4 is 20.0 Å². The summed E-state index contributed by atoms with van der Waals surface area (Å²) in [7, 11) is 20.8. The van der Waals surface area contributed by atoms with Crippen molar-refractivity contribution in [1.29, 1.82) is 0 Å². The van der Waals surface area contributed by atoms with Crippen molar-refractivity contribution in [2.24, 2.45) is 0 Å². The molecule has 0 aromatic heterocycles. The van der Waals surface area contributed by atoms with E-state index in [0.717, 1.165) is 10.7 Å². The molecule has 0 amide bonds. The van der Waals surface area contributed by atoms with Gasteiger partial charge >= 0.3 is 0 Å².